The van der Waals surface area contributed by atoms with Gasteiger partial charge in [-0.3, -0.25) is 30.4 Å². The van der Waals surface area contributed by atoms with Gasteiger partial charge in [0.05, 0.1) is 11.5 Å². The molecule has 112 valence electrons. The maximum absolute atomic E-state index is 12.0. The number of carbonyl (C=O) groups is 2. The van der Waals surface area contributed by atoms with Gasteiger partial charge in [0, 0.05) is 24.5 Å². The zero-order valence-electron chi connectivity index (χ0n) is 11.4. The third kappa shape index (κ3) is 3.16. The molecule has 0 bridgehead atoms. The number of benzene rings is 1. The van der Waals surface area contributed by atoms with Crippen molar-refractivity contribution in [3.8, 4) is 0 Å². The molecule has 0 unspecified atom stereocenters. The van der Waals surface area contributed by atoms with Crippen molar-refractivity contribution >= 4 is 23.2 Å². The van der Waals surface area contributed by atoms with E-state index in [0.29, 0.717) is 31.2 Å². The minimum absolute atomic E-state index is 0.0150. The highest BCUT2D eigenvalue weighted by molar-refractivity contribution is 5.96. The lowest BCUT2D eigenvalue weighted by molar-refractivity contribution is -0.384. The van der Waals surface area contributed by atoms with Crippen LogP contribution in [-0.2, 0) is 16.1 Å². The van der Waals surface area contributed by atoms with Crippen molar-refractivity contribution < 1.29 is 14.5 Å². The lowest BCUT2D eigenvalue weighted by atomic mass is 10.1. The number of nitrogens with one attached hydrogen (secondary N) is 1. The predicted octanol–water partition coefficient (Wildman–Crippen LogP) is 1.31. The summed E-state index contributed by atoms with van der Waals surface area (Å²) < 4.78 is 0. The molecule has 0 aromatic heterocycles. The SMILES string of the molecule is NNc1c(CN2C(=O)CCCCC2=O)cccc1[N+](=O)[O-]. The number of nitrogen functional groups attached to an aromatic ring is 1. The van der Waals surface area contributed by atoms with Crippen LogP contribution >= 0.6 is 0 Å². The number of rotatable bonds is 4. The van der Waals surface area contributed by atoms with E-state index in [1.54, 1.807) is 6.07 Å². The fourth-order valence-corrected chi connectivity index (χ4v) is 2.35. The number of likely N-dealkylation sites (tertiary alicyclic amines) is 1. The van der Waals surface area contributed by atoms with Gasteiger partial charge in [-0.15, -0.1) is 0 Å². The largest absolute Gasteiger partial charge is 0.318 e. The Balaban J connectivity index is 2.34. The number of hydrogen-bond acceptors (Lipinski definition) is 6. The number of carbonyl (C=O) groups excluding carboxylic acids is 2. The normalized spacial score (nSPS) is 15.8. The number of hydrogen-bond donors (Lipinski definition) is 2. The summed E-state index contributed by atoms with van der Waals surface area (Å²) in [7, 11) is 0. The second kappa shape index (κ2) is 6.31. The van der Waals surface area contributed by atoms with Crippen LogP contribution in [0.3, 0.4) is 0 Å². The molecule has 2 rings (SSSR count). The Kier molecular flexibility index (Phi) is 4.49. The average molecular weight is 292 g/mol. The summed E-state index contributed by atoms with van der Waals surface area (Å²) >= 11 is 0. The Morgan fingerprint density at radius 3 is 2.38 bits per heavy atom. The number of para-hydroxylation sites is 1. The van der Waals surface area contributed by atoms with Crippen LogP contribution in [0.2, 0.25) is 0 Å². The lowest BCUT2D eigenvalue weighted by Crippen LogP contribution is -2.34. The van der Waals surface area contributed by atoms with Crippen LogP contribution in [0.15, 0.2) is 18.2 Å². The summed E-state index contributed by atoms with van der Waals surface area (Å²) in [5.74, 6) is 4.84. The molecule has 8 nitrogen and oxygen atoms in total. The highest BCUT2D eigenvalue weighted by Crippen LogP contribution is 2.29. The molecule has 8 heteroatoms. The molecule has 1 aromatic carbocycles. The number of nitrogens with zero attached hydrogens (tertiary/aromatic N) is 2. The molecule has 0 atom stereocenters. The lowest BCUT2D eigenvalue weighted by Gasteiger charge is -2.20. The van der Waals surface area contributed by atoms with E-state index in [1.807, 2.05) is 0 Å². The Morgan fingerprint density at radius 2 is 1.86 bits per heavy atom. The van der Waals surface area contributed by atoms with Gasteiger partial charge >= 0.3 is 0 Å². The molecular weight excluding hydrogens is 276 g/mol. The molecule has 1 aliphatic rings. The van der Waals surface area contributed by atoms with Crippen molar-refractivity contribution in [2.75, 3.05) is 5.43 Å². The van der Waals surface area contributed by atoms with E-state index in [9.17, 15) is 19.7 Å². The number of amides is 2. The zero-order chi connectivity index (χ0) is 15.4. The van der Waals surface area contributed by atoms with Crippen molar-refractivity contribution in [1.82, 2.24) is 4.90 Å². The average Bonchev–Trinajstić information content (AvgIpc) is 2.62. The van der Waals surface area contributed by atoms with Crippen LogP contribution in [0.4, 0.5) is 11.4 Å². The molecule has 0 saturated carbocycles. The number of anilines is 1. The quantitative estimate of drug-likeness (QED) is 0.374. The van der Waals surface area contributed by atoms with Crippen LogP contribution in [0.1, 0.15) is 31.2 Å². The molecular formula is C13H16N4O4. The molecule has 21 heavy (non-hydrogen) atoms. The highest BCUT2D eigenvalue weighted by atomic mass is 16.6. The number of nitro benzene ring substituents is 1. The van der Waals surface area contributed by atoms with Crippen LogP contribution < -0.4 is 11.3 Å². The first-order valence-corrected chi connectivity index (χ1v) is 6.60. The third-order valence-electron chi connectivity index (χ3n) is 3.43. The first kappa shape index (κ1) is 14.9. The van der Waals surface area contributed by atoms with Gasteiger partial charge in [0.2, 0.25) is 11.8 Å². The van der Waals surface area contributed by atoms with Crippen LogP contribution in [0.5, 0.6) is 0 Å². The number of nitro groups is 1. The first-order valence-electron chi connectivity index (χ1n) is 6.60. The molecule has 1 heterocycles. The van der Waals surface area contributed by atoms with Crippen molar-refractivity contribution in [3.05, 3.63) is 33.9 Å². The van der Waals surface area contributed by atoms with Crippen molar-refractivity contribution in [2.45, 2.75) is 32.2 Å². The number of nitrogens with two attached hydrogens (primary N) is 1. The van der Waals surface area contributed by atoms with Crippen molar-refractivity contribution in [3.63, 3.8) is 0 Å². The molecule has 1 saturated heterocycles. The van der Waals surface area contributed by atoms with Crippen molar-refractivity contribution in [2.24, 2.45) is 5.84 Å². The van der Waals surface area contributed by atoms with Gasteiger partial charge in [0.1, 0.15) is 5.69 Å². The molecule has 1 aromatic rings. The molecule has 3 N–H and O–H groups in total. The third-order valence-corrected chi connectivity index (χ3v) is 3.43. The second-order valence-corrected chi connectivity index (χ2v) is 4.79. The molecule has 1 fully saturated rings. The Hall–Kier alpha value is -2.48. The van der Waals surface area contributed by atoms with Crippen LogP contribution in [-0.4, -0.2) is 21.6 Å². The maximum atomic E-state index is 12.0. The van der Waals surface area contributed by atoms with E-state index in [2.05, 4.69) is 5.43 Å². The Bertz CT molecular complexity index is 570. The summed E-state index contributed by atoms with van der Waals surface area (Å²) in [5, 5.41) is 11.0. The summed E-state index contributed by atoms with van der Waals surface area (Å²) in [5.41, 5.74) is 2.66. The van der Waals surface area contributed by atoms with E-state index in [-0.39, 0.29) is 29.7 Å². The van der Waals surface area contributed by atoms with Gasteiger partial charge in [-0.05, 0) is 12.8 Å². The number of hydrazine groups is 1. The van der Waals surface area contributed by atoms with Crippen LogP contribution in [0, 0.1) is 10.1 Å². The highest BCUT2D eigenvalue weighted by Gasteiger charge is 2.26. The smallest absolute Gasteiger partial charge is 0.293 e. The van der Waals surface area contributed by atoms with Crippen LogP contribution in [0.25, 0.3) is 0 Å². The fraction of sp³-hybridized carbons (Fsp3) is 0.385. The molecule has 2 amide bonds. The molecule has 0 aliphatic carbocycles. The minimum atomic E-state index is -0.565. The molecule has 0 spiro atoms. The summed E-state index contributed by atoms with van der Waals surface area (Å²) in [6.07, 6.45) is 1.98. The molecule has 0 radical (unpaired) electrons. The van der Waals surface area contributed by atoms with E-state index in [0.717, 1.165) is 4.90 Å². The minimum Gasteiger partial charge on any atom is -0.318 e. The fourth-order valence-electron chi connectivity index (χ4n) is 2.35. The van der Waals surface area contributed by atoms with E-state index in [1.165, 1.54) is 12.1 Å². The monoisotopic (exact) mass is 292 g/mol. The predicted molar refractivity (Wildman–Crippen MR) is 74.9 cm³/mol. The molecule has 1 aliphatic heterocycles. The first-order chi connectivity index (χ1) is 10.0. The summed E-state index contributed by atoms with van der Waals surface area (Å²) in [6, 6.07) is 4.42. The van der Waals surface area contributed by atoms with Gasteiger partial charge in [0.15, 0.2) is 0 Å². The zero-order valence-corrected chi connectivity index (χ0v) is 11.4. The van der Waals surface area contributed by atoms with Crippen molar-refractivity contribution in [1.29, 1.82) is 0 Å². The Morgan fingerprint density at radius 1 is 1.24 bits per heavy atom. The summed E-state index contributed by atoms with van der Waals surface area (Å²) in [6.45, 7) is -0.0150. The topological polar surface area (TPSA) is 119 Å². The Labute approximate surface area is 121 Å². The van der Waals surface area contributed by atoms with Gasteiger partial charge < -0.3 is 5.43 Å². The van der Waals surface area contributed by atoms with E-state index < -0.39 is 4.92 Å². The maximum Gasteiger partial charge on any atom is 0.293 e. The van der Waals surface area contributed by atoms with Gasteiger partial charge in [-0.2, -0.15) is 0 Å². The number of imide groups is 1. The van der Waals surface area contributed by atoms with E-state index in [4.69, 9.17) is 5.84 Å². The van der Waals surface area contributed by atoms with Gasteiger partial charge in [0.25, 0.3) is 5.69 Å². The standard InChI is InChI=1S/C13H16N4O4/c14-15-13-9(4-3-5-10(13)17(20)21)8-16-11(18)6-1-2-7-12(16)19/h3-5,15H,1-2,6-8,14H2. The van der Waals surface area contributed by atoms with Gasteiger partial charge in [-0.25, -0.2) is 0 Å². The second-order valence-electron chi connectivity index (χ2n) is 4.79. The van der Waals surface area contributed by atoms with Gasteiger partial charge in [-0.1, -0.05) is 12.1 Å². The van der Waals surface area contributed by atoms with E-state index >= 15 is 0 Å². The summed E-state index contributed by atoms with van der Waals surface area (Å²) in [4.78, 5) is 35.5.